The lowest BCUT2D eigenvalue weighted by atomic mass is 9.72. The summed E-state index contributed by atoms with van der Waals surface area (Å²) in [7, 11) is -2.48. The molecule has 5 N–H and O–H groups in total. The number of anilines is 3. The fraction of sp³-hybridized carbons (Fsp3) is 0.417. The van der Waals surface area contributed by atoms with Gasteiger partial charge in [-0.15, -0.1) is 0 Å². The Morgan fingerprint density at radius 2 is 1.73 bits per heavy atom. The summed E-state index contributed by atoms with van der Waals surface area (Å²) in [6.45, 7) is 11.5. The number of fused-ring (bicyclic) bond motifs is 1. The van der Waals surface area contributed by atoms with Gasteiger partial charge < -0.3 is 25.4 Å². The normalized spacial score (nSPS) is 19.7. The lowest BCUT2D eigenvalue weighted by Gasteiger charge is -2.39. The summed E-state index contributed by atoms with van der Waals surface area (Å²) < 4.78 is 41.9. The summed E-state index contributed by atoms with van der Waals surface area (Å²) in [5.41, 5.74) is 13.9. The number of halogens is 1. The van der Waals surface area contributed by atoms with Crippen molar-refractivity contribution >= 4 is 61.2 Å². The van der Waals surface area contributed by atoms with Crippen LogP contribution in [-0.4, -0.2) is 81.9 Å². The highest BCUT2D eigenvalue weighted by atomic mass is 35.5. The maximum absolute atomic E-state index is 14.0. The average molecular weight is 881 g/mol. The number of nitrogens with one attached hydrogen (secondary N) is 3. The van der Waals surface area contributed by atoms with Gasteiger partial charge in [0.1, 0.15) is 11.5 Å². The number of hydrogen-bond donors (Lipinski definition) is 4. The lowest BCUT2D eigenvalue weighted by molar-refractivity contribution is 0.0585. The molecule has 1 saturated carbocycles. The van der Waals surface area contributed by atoms with Gasteiger partial charge in [-0.1, -0.05) is 49.2 Å². The van der Waals surface area contributed by atoms with Crippen molar-refractivity contribution in [2.45, 2.75) is 76.7 Å². The molecule has 0 radical (unpaired) electrons. The number of rotatable bonds is 13. The maximum atomic E-state index is 14.0. The number of aryl methyl sites for hydroxylation is 1. The number of piperazine rings is 1. The van der Waals surface area contributed by atoms with E-state index in [2.05, 4.69) is 56.0 Å². The number of carbonyl (C=O) groups excluding carboxylic acids is 1. The van der Waals surface area contributed by atoms with E-state index in [0.29, 0.717) is 28.7 Å². The van der Waals surface area contributed by atoms with Gasteiger partial charge in [-0.2, -0.15) is 5.10 Å². The molecule has 14 heteroatoms. The van der Waals surface area contributed by atoms with Crippen molar-refractivity contribution in [1.82, 2.24) is 19.8 Å². The Balaban J connectivity index is 0.991. The van der Waals surface area contributed by atoms with Gasteiger partial charge in [-0.05, 0) is 134 Å². The first kappa shape index (κ1) is 43.6. The molecule has 8 rings (SSSR count). The molecule has 2 heterocycles. The number of methoxy groups -OCH3 is 1. The Hall–Kier alpha value is -5.08. The van der Waals surface area contributed by atoms with Crippen molar-refractivity contribution in [3.05, 3.63) is 106 Å². The Bertz CT molecular complexity index is 2560. The van der Waals surface area contributed by atoms with Crippen molar-refractivity contribution in [3.8, 4) is 11.5 Å². The van der Waals surface area contributed by atoms with E-state index in [1.807, 2.05) is 37.3 Å². The molecule has 0 unspecified atom stereocenters. The van der Waals surface area contributed by atoms with E-state index in [1.165, 1.54) is 22.8 Å². The monoisotopic (exact) mass is 879 g/mol. The van der Waals surface area contributed by atoms with Gasteiger partial charge in [0.2, 0.25) is 0 Å². The summed E-state index contributed by atoms with van der Waals surface area (Å²) in [6, 6.07) is 23.8. The van der Waals surface area contributed by atoms with Crippen LogP contribution < -0.4 is 25.4 Å². The van der Waals surface area contributed by atoms with Crippen molar-refractivity contribution < 1.29 is 22.7 Å². The number of allylic oxidation sites excluding steroid dienone is 1. The molecule has 2 fully saturated rings. The fourth-order valence-electron chi connectivity index (χ4n) is 9.21. The van der Waals surface area contributed by atoms with Crippen LogP contribution >= 0.6 is 11.6 Å². The number of ether oxygens (including phenoxy) is 2. The number of aromatic nitrogens is 2. The number of benzene rings is 4. The molecule has 1 aromatic heterocycles. The molecule has 3 aliphatic rings. The fourth-order valence-corrected chi connectivity index (χ4v) is 10.4. The number of nitrogens with zero attached hydrogens (tertiary/aromatic N) is 3. The summed E-state index contributed by atoms with van der Waals surface area (Å²) in [6.07, 6.45) is 7.85. The van der Waals surface area contributed by atoms with E-state index in [0.717, 1.165) is 106 Å². The molecule has 5 aromatic rings. The number of amides is 1. The standard InChI is InChI=1S/C48H58ClN7O5S/c1-31-26-38(17-19-41(31)51-29-32-8-15-37(60-4)16-9-32)62(58,59)54-47(57)39-18-14-36(27-44(39)61-43-7-5-6-42-45(43)46(50)53-52-42)56-24-22-55(23-25-56)30-34-20-21-48(2,3)28-40(34)33-10-12-35(49)13-11-33/h5-7,10-14,17-19,26-27,32,37,51H,8-9,15-16,20-25,28-30H2,1-4H3,(H,54,57)(H3,50,52,53)/t32-,37-. The van der Waals surface area contributed by atoms with Crippen molar-refractivity contribution in [2.24, 2.45) is 11.3 Å². The Labute approximate surface area is 370 Å². The third-order valence-corrected chi connectivity index (χ3v) is 14.6. The van der Waals surface area contributed by atoms with E-state index in [9.17, 15) is 13.2 Å². The maximum Gasteiger partial charge on any atom is 0.268 e. The van der Waals surface area contributed by atoms with Gasteiger partial charge in [0.05, 0.1) is 27.5 Å². The first-order valence-electron chi connectivity index (χ1n) is 21.7. The Morgan fingerprint density at radius 3 is 2.45 bits per heavy atom. The van der Waals surface area contributed by atoms with Crippen LogP contribution in [0.4, 0.5) is 17.2 Å². The molecule has 328 valence electrons. The second-order valence-electron chi connectivity index (χ2n) is 17.9. The zero-order valence-corrected chi connectivity index (χ0v) is 37.7. The number of sulfonamides is 1. The van der Waals surface area contributed by atoms with Gasteiger partial charge in [0.25, 0.3) is 15.9 Å². The predicted molar refractivity (Wildman–Crippen MR) is 249 cm³/mol. The molecule has 4 aromatic carbocycles. The van der Waals surface area contributed by atoms with Gasteiger partial charge >= 0.3 is 0 Å². The van der Waals surface area contributed by atoms with Gasteiger partial charge in [0.15, 0.2) is 5.82 Å². The van der Waals surface area contributed by atoms with E-state index < -0.39 is 15.9 Å². The molecule has 12 nitrogen and oxygen atoms in total. The SMILES string of the molecule is CO[C@H]1CC[C@H](CNc2ccc(S(=O)(=O)NC(=O)c3ccc(N4CCN(CC5=C(c6ccc(Cl)cc6)CC(C)(C)CC5)CC4)cc3Oc3cccc4[nH]nc(N)c34)cc2C)CC1. The third kappa shape index (κ3) is 9.91. The van der Waals surface area contributed by atoms with Crippen LogP contribution in [0.25, 0.3) is 16.5 Å². The number of aromatic amines is 1. The molecular formula is C48H58ClN7O5S. The van der Waals surface area contributed by atoms with Crippen LogP contribution in [0.1, 0.15) is 80.3 Å². The molecule has 1 aliphatic heterocycles. The molecule has 62 heavy (non-hydrogen) atoms. The summed E-state index contributed by atoms with van der Waals surface area (Å²) in [4.78, 5) is 18.8. The van der Waals surface area contributed by atoms with E-state index >= 15 is 0 Å². The highest BCUT2D eigenvalue weighted by Gasteiger charge is 2.30. The highest BCUT2D eigenvalue weighted by Crippen LogP contribution is 2.44. The van der Waals surface area contributed by atoms with Crippen molar-refractivity contribution in [2.75, 3.05) is 62.3 Å². The minimum absolute atomic E-state index is 0.00427. The highest BCUT2D eigenvalue weighted by molar-refractivity contribution is 7.90. The summed E-state index contributed by atoms with van der Waals surface area (Å²) in [5.74, 6) is 0.552. The van der Waals surface area contributed by atoms with Crippen LogP contribution in [-0.2, 0) is 14.8 Å². The van der Waals surface area contributed by atoms with Crippen LogP contribution in [0, 0.1) is 18.3 Å². The number of nitrogen functional groups attached to an aromatic ring is 1. The first-order valence-corrected chi connectivity index (χ1v) is 23.5. The average Bonchev–Trinajstić information content (AvgIpc) is 3.65. The summed E-state index contributed by atoms with van der Waals surface area (Å²) >= 11 is 6.26. The zero-order chi connectivity index (χ0) is 43.6. The molecule has 2 aliphatic carbocycles. The van der Waals surface area contributed by atoms with Gasteiger partial charge in [-0.25, -0.2) is 13.1 Å². The minimum atomic E-state index is -4.25. The van der Waals surface area contributed by atoms with Crippen LogP contribution in [0.5, 0.6) is 11.5 Å². The Morgan fingerprint density at radius 1 is 0.968 bits per heavy atom. The molecule has 1 saturated heterocycles. The molecule has 0 spiro atoms. The smallest absolute Gasteiger partial charge is 0.268 e. The third-order valence-electron chi connectivity index (χ3n) is 13.0. The first-order chi connectivity index (χ1) is 29.7. The van der Waals surface area contributed by atoms with Crippen molar-refractivity contribution in [3.63, 3.8) is 0 Å². The van der Waals surface area contributed by atoms with Crippen LogP contribution in [0.2, 0.25) is 5.02 Å². The molecular weight excluding hydrogens is 822 g/mol. The number of nitrogens with two attached hydrogens (primary N) is 1. The predicted octanol–water partition coefficient (Wildman–Crippen LogP) is 9.42. The topological polar surface area (TPSA) is 155 Å². The van der Waals surface area contributed by atoms with Gasteiger partial charge in [0, 0.05) is 68.8 Å². The van der Waals surface area contributed by atoms with Crippen molar-refractivity contribution in [1.29, 1.82) is 0 Å². The second-order valence-corrected chi connectivity index (χ2v) is 20.1. The molecule has 0 atom stereocenters. The largest absolute Gasteiger partial charge is 0.456 e. The van der Waals surface area contributed by atoms with E-state index in [-0.39, 0.29) is 27.4 Å². The van der Waals surface area contributed by atoms with Crippen LogP contribution in [0.3, 0.4) is 0 Å². The van der Waals surface area contributed by atoms with E-state index in [1.54, 1.807) is 37.4 Å². The number of carbonyl (C=O) groups is 1. The summed E-state index contributed by atoms with van der Waals surface area (Å²) in [5, 5.41) is 11.9. The van der Waals surface area contributed by atoms with Crippen LogP contribution in [0.15, 0.2) is 89.3 Å². The van der Waals surface area contributed by atoms with E-state index in [4.69, 9.17) is 26.8 Å². The second kappa shape index (κ2) is 18.3. The molecule has 0 bridgehead atoms. The number of H-pyrrole nitrogens is 1. The molecule has 1 amide bonds. The zero-order valence-electron chi connectivity index (χ0n) is 36.1. The van der Waals surface area contributed by atoms with Gasteiger partial charge in [-0.3, -0.25) is 14.8 Å². The minimum Gasteiger partial charge on any atom is -0.456 e. The quantitative estimate of drug-likeness (QED) is 0.0900. The Kier molecular flexibility index (Phi) is 12.9. The lowest BCUT2D eigenvalue weighted by Crippen LogP contribution is -2.47. The number of hydrogen-bond acceptors (Lipinski definition) is 10.